The van der Waals surface area contributed by atoms with Crippen molar-refractivity contribution in [2.75, 3.05) is 18.6 Å². The number of methoxy groups -OCH3 is 1. The van der Waals surface area contributed by atoms with E-state index in [1.165, 1.54) is 19.2 Å². The molecule has 0 spiro atoms. The predicted molar refractivity (Wildman–Crippen MR) is 143 cm³/mol. The maximum absolute atomic E-state index is 13.4. The number of aliphatic hydroxyl groups is 1. The van der Waals surface area contributed by atoms with Gasteiger partial charge < -0.3 is 19.3 Å². The Kier molecular flexibility index (Phi) is 8.08. The van der Waals surface area contributed by atoms with E-state index in [1.807, 2.05) is 20.8 Å². The Hall–Kier alpha value is -4.47. The molecule has 1 aliphatic heterocycles. The van der Waals surface area contributed by atoms with Crippen molar-refractivity contribution in [2.45, 2.75) is 39.1 Å². The first-order valence-corrected chi connectivity index (χ1v) is 12.5. The van der Waals surface area contributed by atoms with Crippen LogP contribution in [0.1, 0.15) is 49.4 Å². The lowest BCUT2D eigenvalue weighted by Crippen LogP contribution is -2.29. The fraction of sp³-hybridized carbons (Fsp3) is 0.267. The zero-order valence-corrected chi connectivity index (χ0v) is 22.3. The van der Waals surface area contributed by atoms with Gasteiger partial charge in [0.2, 0.25) is 0 Å². The summed E-state index contributed by atoms with van der Waals surface area (Å²) in [4.78, 5) is 27.9. The number of alkyl halides is 3. The third kappa shape index (κ3) is 5.75. The molecular weight excluding hydrogens is 527 g/mol. The second kappa shape index (κ2) is 11.3. The minimum absolute atomic E-state index is 0.0338. The Labute approximate surface area is 229 Å². The lowest BCUT2D eigenvalue weighted by molar-refractivity contribution is -0.274. The van der Waals surface area contributed by atoms with Gasteiger partial charge in [0, 0.05) is 11.3 Å². The van der Waals surface area contributed by atoms with E-state index in [-0.39, 0.29) is 22.9 Å². The highest BCUT2D eigenvalue weighted by atomic mass is 19.4. The fourth-order valence-corrected chi connectivity index (χ4v) is 4.60. The number of carbonyl (C=O) groups excluding carboxylic acids is 2. The summed E-state index contributed by atoms with van der Waals surface area (Å²) < 4.78 is 52.9. The number of ketones is 1. The molecule has 210 valence electrons. The first kappa shape index (κ1) is 28.5. The molecule has 1 fully saturated rings. The molecule has 1 amide bonds. The number of nitrogens with zero attached hydrogens (tertiary/aromatic N) is 1. The van der Waals surface area contributed by atoms with Crippen LogP contribution in [0.2, 0.25) is 0 Å². The highest BCUT2D eigenvalue weighted by Crippen LogP contribution is 2.43. The SMILES string of the molecule is CCOc1ccc(/C(O)=C2/C(=O)C(=O)N(c3ccc(OC(F)(F)F)cc3)C2c2ccc(OC)cc2)cc1C(C)C. The molecule has 0 saturated carbocycles. The molecule has 3 aromatic carbocycles. The molecule has 1 N–H and O–H groups in total. The Morgan fingerprint density at radius 1 is 0.975 bits per heavy atom. The summed E-state index contributed by atoms with van der Waals surface area (Å²) in [7, 11) is 1.49. The topological polar surface area (TPSA) is 85.3 Å². The molecule has 40 heavy (non-hydrogen) atoms. The molecule has 10 heteroatoms. The molecule has 1 atom stereocenters. The van der Waals surface area contributed by atoms with Crippen LogP contribution in [0.5, 0.6) is 17.2 Å². The lowest BCUT2D eigenvalue weighted by Gasteiger charge is -2.26. The first-order valence-electron chi connectivity index (χ1n) is 12.5. The average Bonchev–Trinajstić information content (AvgIpc) is 3.18. The van der Waals surface area contributed by atoms with Crippen LogP contribution >= 0.6 is 0 Å². The molecule has 0 aromatic heterocycles. The largest absolute Gasteiger partial charge is 0.573 e. The Balaban J connectivity index is 1.87. The molecule has 1 saturated heterocycles. The van der Waals surface area contributed by atoms with E-state index in [0.717, 1.165) is 22.6 Å². The van der Waals surface area contributed by atoms with Crippen molar-refractivity contribution >= 4 is 23.1 Å². The van der Waals surface area contributed by atoms with Gasteiger partial charge in [0.05, 0.1) is 25.3 Å². The van der Waals surface area contributed by atoms with E-state index in [4.69, 9.17) is 9.47 Å². The van der Waals surface area contributed by atoms with E-state index < -0.39 is 29.8 Å². The number of hydrogen-bond donors (Lipinski definition) is 1. The van der Waals surface area contributed by atoms with Gasteiger partial charge in [0.1, 0.15) is 23.0 Å². The van der Waals surface area contributed by atoms with Crippen molar-refractivity contribution < 1.29 is 42.1 Å². The third-order valence-electron chi connectivity index (χ3n) is 6.43. The minimum atomic E-state index is -4.89. The maximum atomic E-state index is 13.4. The van der Waals surface area contributed by atoms with E-state index in [2.05, 4.69) is 4.74 Å². The van der Waals surface area contributed by atoms with E-state index in [9.17, 15) is 27.9 Å². The minimum Gasteiger partial charge on any atom is -0.507 e. The number of benzene rings is 3. The Bertz CT molecular complexity index is 1430. The van der Waals surface area contributed by atoms with E-state index in [1.54, 1.807) is 42.5 Å². The predicted octanol–water partition coefficient (Wildman–Crippen LogP) is 6.74. The van der Waals surface area contributed by atoms with Gasteiger partial charge in [-0.2, -0.15) is 0 Å². The standard InChI is InChI=1S/C30H28F3NO6/c1-5-39-24-15-8-19(16-23(24)17(2)3)27(35)25-26(18-6-11-21(38-4)12-7-18)34(29(37)28(25)36)20-9-13-22(14-10-20)40-30(31,32)33/h6-17,26,35H,5H2,1-4H3/b27-25-. The average molecular weight is 556 g/mol. The summed E-state index contributed by atoms with van der Waals surface area (Å²) in [6.45, 7) is 6.23. The molecule has 4 rings (SSSR count). The third-order valence-corrected chi connectivity index (χ3v) is 6.43. The maximum Gasteiger partial charge on any atom is 0.573 e. The van der Waals surface area contributed by atoms with Crippen LogP contribution in [0.3, 0.4) is 0 Å². The Morgan fingerprint density at radius 2 is 1.60 bits per heavy atom. The smallest absolute Gasteiger partial charge is 0.507 e. The van der Waals surface area contributed by atoms with Crippen molar-refractivity contribution in [1.82, 2.24) is 0 Å². The summed E-state index contributed by atoms with van der Waals surface area (Å²) in [5.41, 5.74) is 1.59. The van der Waals surface area contributed by atoms with Gasteiger partial charge in [-0.05, 0) is 78.6 Å². The van der Waals surface area contributed by atoms with Crippen LogP contribution in [0, 0.1) is 0 Å². The molecule has 0 aliphatic carbocycles. The van der Waals surface area contributed by atoms with E-state index in [0.29, 0.717) is 29.2 Å². The van der Waals surface area contributed by atoms with Crippen molar-refractivity contribution in [3.05, 3.63) is 89.0 Å². The van der Waals surface area contributed by atoms with Gasteiger partial charge in [-0.3, -0.25) is 14.5 Å². The zero-order chi connectivity index (χ0) is 29.2. The molecular formula is C30H28F3NO6. The fourth-order valence-electron chi connectivity index (χ4n) is 4.60. The first-order chi connectivity index (χ1) is 18.9. The summed E-state index contributed by atoms with van der Waals surface area (Å²) in [6.07, 6.45) is -4.89. The number of aliphatic hydroxyl groups excluding tert-OH is 1. The summed E-state index contributed by atoms with van der Waals surface area (Å²) in [5.74, 6) is -1.54. The molecule has 1 unspecified atom stereocenters. The number of carbonyl (C=O) groups is 2. The van der Waals surface area contributed by atoms with Crippen molar-refractivity contribution in [3.8, 4) is 17.2 Å². The number of halogens is 3. The van der Waals surface area contributed by atoms with Crippen molar-refractivity contribution in [2.24, 2.45) is 0 Å². The quantitative estimate of drug-likeness (QED) is 0.188. The normalized spacial score (nSPS) is 16.9. The van der Waals surface area contributed by atoms with Crippen molar-refractivity contribution in [1.29, 1.82) is 0 Å². The number of ether oxygens (including phenoxy) is 3. The second-order valence-corrected chi connectivity index (χ2v) is 9.32. The number of anilines is 1. The number of rotatable bonds is 8. The monoisotopic (exact) mass is 555 g/mol. The van der Waals surface area contributed by atoms with Gasteiger partial charge in [-0.15, -0.1) is 13.2 Å². The molecule has 7 nitrogen and oxygen atoms in total. The van der Waals surface area contributed by atoms with Gasteiger partial charge in [-0.25, -0.2) is 0 Å². The van der Waals surface area contributed by atoms with Crippen LogP contribution in [-0.4, -0.2) is 36.9 Å². The molecule has 1 heterocycles. The van der Waals surface area contributed by atoms with E-state index >= 15 is 0 Å². The Morgan fingerprint density at radius 3 is 2.15 bits per heavy atom. The highest BCUT2D eigenvalue weighted by Gasteiger charge is 2.47. The van der Waals surface area contributed by atoms with Crippen LogP contribution in [0.25, 0.3) is 5.76 Å². The van der Waals surface area contributed by atoms with Crippen LogP contribution in [0.15, 0.2) is 72.3 Å². The molecule has 1 aliphatic rings. The second-order valence-electron chi connectivity index (χ2n) is 9.32. The van der Waals surface area contributed by atoms with Crippen molar-refractivity contribution in [3.63, 3.8) is 0 Å². The number of hydrogen-bond acceptors (Lipinski definition) is 6. The van der Waals surface area contributed by atoms with Crippen LogP contribution in [0.4, 0.5) is 18.9 Å². The lowest BCUT2D eigenvalue weighted by atomic mass is 9.93. The summed E-state index contributed by atoms with van der Waals surface area (Å²) in [6, 6.07) is 15.1. The summed E-state index contributed by atoms with van der Waals surface area (Å²) >= 11 is 0. The number of Topliss-reactive ketones (excluding diaryl/α,β-unsaturated/α-hetero) is 1. The number of amides is 1. The highest BCUT2D eigenvalue weighted by molar-refractivity contribution is 6.51. The van der Waals surface area contributed by atoms with Crippen LogP contribution < -0.4 is 19.1 Å². The summed E-state index contributed by atoms with van der Waals surface area (Å²) in [5, 5.41) is 11.5. The van der Waals surface area contributed by atoms with Gasteiger partial charge in [-0.1, -0.05) is 26.0 Å². The van der Waals surface area contributed by atoms with Crippen LogP contribution in [-0.2, 0) is 9.59 Å². The molecule has 0 bridgehead atoms. The molecule has 3 aromatic rings. The zero-order valence-electron chi connectivity index (χ0n) is 22.3. The van der Waals surface area contributed by atoms with Gasteiger partial charge in [0.25, 0.3) is 11.7 Å². The molecule has 0 radical (unpaired) electrons. The van der Waals surface area contributed by atoms with Gasteiger partial charge in [0.15, 0.2) is 0 Å². The van der Waals surface area contributed by atoms with Gasteiger partial charge >= 0.3 is 6.36 Å².